The van der Waals surface area contributed by atoms with E-state index < -0.39 is 16.6 Å². The number of halogens is 1. The van der Waals surface area contributed by atoms with Crippen molar-refractivity contribution in [2.75, 3.05) is 22.6 Å². The van der Waals surface area contributed by atoms with E-state index in [0.717, 1.165) is 18.2 Å². The second-order valence-electron chi connectivity index (χ2n) is 7.23. The van der Waals surface area contributed by atoms with Crippen LogP contribution in [0.3, 0.4) is 0 Å². The van der Waals surface area contributed by atoms with Gasteiger partial charge in [0.25, 0.3) is 11.6 Å². The van der Waals surface area contributed by atoms with E-state index in [1.807, 2.05) is 6.07 Å². The first-order chi connectivity index (χ1) is 16.3. The van der Waals surface area contributed by atoms with Crippen LogP contribution in [0.4, 0.5) is 38.9 Å². The van der Waals surface area contributed by atoms with Gasteiger partial charge in [-0.2, -0.15) is 10.1 Å². The number of non-ortho nitro benzene ring substituents is 1. The van der Waals surface area contributed by atoms with Crippen LogP contribution in [0.25, 0.3) is 0 Å². The van der Waals surface area contributed by atoms with Crippen molar-refractivity contribution in [3.05, 3.63) is 88.6 Å². The molecule has 0 spiro atoms. The summed E-state index contributed by atoms with van der Waals surface area (Å²) in [5, 5.41) is 20.9. The number of nitro benzene ring substituents is 1. The number of amides is 1. The largest absolute Gasteiger partial charge is 0.337 e. The highest BCUT2D eigenvalue weighted by atomic mass is 19.1. The summed E-state index contributed by atoms with van der Waals surface area (Å²) < 4.78 is 16.1. The molecule has 0 radical (unpaired) electrons. The Hall–Kier alpha value is -4.87. The van der Waals surface area contributed by atoms with Crippen LogP contribution >= 0.6 is 0 Å². The van der Waals surface area contributed by atoms with Crippen molar-refractivity contribution in [2.45, 2.75) is 0 Å². The molecule has 11 nitrogen and oxygen atoms in total. The first-order valence-corrected chi connectivity index (χ1v) is 9.98. The number of hydrogen-bond donors (Lipinski definition) is 2. The number of aromatic nitrogens is 4. The molecule has 0 unspecified atom stereocenters. The average Bonchev–Trinajstić information content (AvgIpc) is 3.24. The minimum Gasteiger partial charge on any atom is -0.337 e. The number of anilines is 5. The SMILES string of the molecule is CN(C(=O)c1cnc(Nc2cnn(C)c2)nc1Nc1cc([N+](=O)[O-])ccc1F)c1ccccc1. The molecule has 0 fully saturated rings. The lowest BCUT2D eigenvalue weighted by Crippen LogP contribution is -2.27. The minimum atomic E-state index is -0.749. The third kappa shape index (κ3) is 4.80. The highest BCUT2D eigenvalue weighted by Crippen LogP contribution is 2.28. The molecular weight excluding hydrogens is 443 g/mol. The number of rotatable bonds is 7. The van der Waals surface area contributed by atoms with Crippen molar-refractivity contribution < 1.29 is 14.1 Å². The standard InChI is InChI=1S/C22H19FN8O3/c1-29-13-14(11-25-29)26-22-24-12-17(21(32)30(2)15-6-4-3-5-7-15)20(28-22)27-19-10-16(31(33)34)8-9-18(19)23/h3-13H,1-2H3,(H2,24,26,27,28). The van der Waals surface area contributed by atoms with Crippen molar-refractivity contribution in [2.24, 2.45) is 7.05 Å². The molecule has 2 N–H and O–H groups in total. The summed E-state index contributed by atoms with van der Waals surface area (Å²) >= 11 is 0. The lowest BCUT2D eigenvalue weighted by atomic mass is 10.2. The van der Waals surface area contributed by atoms with Crippen LogP contribution in [-0.2, 0) is 7.05 Å². The van der Waals surface area contributed by atoms with Crippen LogP contribution in [0.1, 0.15) is 10.4 Å². The predicted molar refractivity (Wildman–Crippen MR) is 124 cm³/mol. The van der Waals surface area contributed by atoms with E-state index in [2.05, 4.69) is 25.7 Å². The maximum atomic E-state index is 14.5. The maximum absolute atomic E-state index is 14.5. The van der Waals surface area contributed by atoms with Gasteiger partial charge >= 0.3 is 0 Å². The molecule has 0 saturated heterocycles. The predicted octanol–water partition coefficient (Wildman–Crippen LogP) is 4.02. The van der Waals surface area contributed by atoms with Gasteiger partial charge in [-0.05, 0) is 18.2 Å². The summed E-state index contributed by atoms with van der Waals surface area (Å²) in [5.41, 5.74) is 0.722. The molecule has 0 aliphatic heterocycles. The van der Waals surface area contributed by atoms with Gasteiger partial charge in [0, 0.05) is 44.3 Å². The minimum absolute atomic E-state index is 0.0337. The van der Waals surface area contributed by atoms with Crippen LogP contribution in [0.15, 0.2) is 67.1 Å². The Kier molecular flexibility index (Phi) is 6.12. The summed E-state index contributed by atoms with van der Waals surface area (Å²) in [6, 6.07) is 11.9. The van der Waals surface area contributed by atoms with E-state index in [9.17, 15) is 19.3 Å². The number of para-hydroxylation sites is 1. The van der Waals surface area contributed by atoms with E-state index >= 15 is 0 Å². The number of nitrogens with one attached hydrogen (secondary N) is 2. The summed E-state index contributed by atoms with van der Waals surface area (Å²) in [5.74, 6) is -1.14. The van der Waals surface area contributed by atoms with E-state index in [1.54, 1.807) is 55.4 Å². The Morgan fingerprint density at radius 3 is 2.59 bits per heavy atom. The molecule has 0 atom stereocenters. The Morgan fingerprint density at radius 2 is 1.91 bits per heavy atom. The van der Waals surface area contributed by atoms with Crippen LogP contribution in [0.5, 0.6) is 0 Å². The fourth-order valence-corrected chi connectivity index (χ4v) is 3.11. The maximum Gasteiger partial charge on any atom is 0.271 e. The van der Waals surface area contributed by atoms with Gasteiger partial charge in [0.05, 0.1) is 22.5 Å². The number of benzene rings is 2. The van der Waals surface area contributed by atoms with Gasteiger partial charge in [0.1, 0.15) is 17.2 Å². The van der Waals surface area contributed by atoms with Gasteiger partial charge in [0.15, 0.2) is 0 Å². The van der Waals surface area contributed by atoms with Gasteiger partial charge < -0.3 is 15.5 Å². The number of nitrogens with zero attached hydrogens (tertiary/aromatic N) is 6. The lowest BCUT2D eigenvalue weighted by Gasteiger charge is -2.19. The molecule has 2 aromatic carbocycles. The number of carbonyl (C=O) groups excluding carboxylic acids is 1. The quantitative estimate of drug-likeness (QED) is 0.311. The van der Waals surface area contributed by atoms with Crippen molar-refractivity contribution in [1.29, 1.82) is 0 Å². The smallest absolute Gasteiger partial charge is 0.271 e. The Bertz CT molecular complexity index is 1360. The molecule has 34 heavy (non-hydrogen) atoms. The molecule has 172 valence electrons. The highest BCUT2D eigenvalue weighted by molar-refractivity contribution is 6.09. The summed E-state index contributed by atoms with van der Waals surface area (Å²) in [7, 11) is 3.32. The third-order valence-corrected chi connectivity index (χ3v) is 4.84. The number of carbonyl (C=O) groups is 1. The number of nitro groups is 1. The number of hydrogen-bond acceptors (Lipinski definition) is 8. The fourth-order valence-electron chi connectivity index (χ4n) is 3.11. The second-order valence-corrected chi connectivity index (χ2v) is 7.23. The monoisotopic (exact) mass is 462 g/mol. The molecule has 12 heteroatoms. The second kappa shape index (κ2) is 9.32. The Labute approximate surface area is 193 Å². The molecule has 4 rings (SSSR count). The van der Waals surface area contributed by atoms with Gasteiger partial charge in [-0.1, -0.05) is 18.2 Å². The van der Waals surface area contributed by atoms with E-state index in [-0.39, 0.29) is 28.7 Å². The molecule has 1 amide bonds. The fraction of sp³-hybridized carbons (Fsp3) is 0.0909. The van der Waals surface area contributed by atoms with Crippen LogP contribution in [0, 0.1) is 15.9 Å². The van der Waals surface area contributed by atoms with Crippen LogP contribution in [-0.4, -0.2) is 37.6 Å². The van der Waals surface area contributed by atoms with Gasteiger partial charge in [-0.25, -0.2) is 9.37 Å². The highest BCUT2D eigenvalue weighted by Gasteiger charge is 2.22. The molecular formula is C22H19FN8O3. The zero-order chi connectivity index (χ0) is 24.2. The summed E-state index contributed by atoms with van der Waals surface area (Å²) in [6.07, 6.45) is 4.54. The van der Waals surface area contributed by atoms with Crippen molar-refractivity contribution in [3.8, 4) is 0 Å². The molecule has 0 aliphatic carbocycles. The molecule has 0 bridgehead atoms. The van der Waals surface area contributed by atoms with Crippen molar-refractivity contribution in [1.82, 2.24) is 19.7 Å². The first-order valence-electron chi connectivity index (χ1n) is 9.98. The van der Waals surface area contributed by atoms with Crippen LogP contribution in [0.2, 0.25) is 0 Å². The zero-order valence-corrected chi connectivity index (χ0v) is 18.1. The van der Waals surface area contributed by atoms with Crippen molar-refractivity contribution in [3.63, 3.8) is 0 Å². The Morgan fingerprint density at radius 1 is 1.15 bits per heavy atom. The summed E-state index contributed by atoms with van der Waals surface area (Å²) in [6.45, 7) is 0. The normalized spacial score (nSPS) is 10.6. The molecule has 2 heterocycles. The topological polar surface area (TPSA) is 131 Å². The molecule has 0 aliphatic rings. The van der Waals surface area contributed by atoms with Crippen LogP contribution < -0.4 is 15.5 Å². The van der Waals surface area contributed by atoms with E-state index in [1.165, 1.54) is 11.1 Å². The zero-order valence-electron chi connectivity index (χ0n) is 18.1. The number of aryl methyl sites for hydroxylation is 1. The van der Waals surface area contributed by atoms with Gasteiger partial charge in [0.2, 0.25) is 5.95 Å². The molecule has 4 aromatic rings. The third-order valence-electron chi connectivity index (χ3n) is 4.84. The molecule has 0 saturated carbocycles. The van der Waals surface area contributed by atoms with E-state index in [0.29, 0.717) is 11.4 Å². The van der Waals surface area contributed by atoms with Gasteiger partial charge in [-0.3, -0.25) is 19.6 Å². The first kappa shape index (κ1) is 22.3. The Balaban J connectivity index is 1.74. The average molecular weight is 462 g/mol. The van der Waals surface area contributed by atoms with E-state index in [4.69, 9.17) is 0 Å². The van der Waals surface area contributed by atoms with Crippen molar-refractivity contribution >= 4 is 40.4 Å². The van der Waals surface area contributed by atoms with Gasteiger partial charge in [-0.15, -0.1) is 0 Å². The lowest BCUT2D eigenvalue weighted by molar-refractivity contribution is -0.384. The molecule has 2 aromatic heterocycles. The summed E-state index contributed by atoms with van der Waals surface area (Å²) in [4.78, 5) is 33.7.